The molecule has 0 bridgehead atoms. The highest BCUT2D eigenvalue weighted by atomic mass is 16.5. The van der Waals surface area contributed by atoms with E-state index in [2.05, 4.69) is 5.32 Å². The first-order chi connectivity index (χ1) is 11.2. The largest absolute Gasteiger partial charge is 0.491 e. The van der Waals surface area contributed by atoms with Gasteiger partial charge in [0.15, 0.2) is 0 Å². The number of anilines is 1. The SMILES string of the molecule is CC(C)(O)C(C)(C)OB(O)c1ccccc1CNc1ccccc1. The topological polar surface area (TPSA) is 61.7 Å². The van der Waals surface area contributed by atoms with Crippen LogP contribution in [0.5, 0.6) is 0 Å². The lowest BCUT2D eigenvalue weighted by molar-refractivity contribution is -0.0982. The Hall–Kier alpha value is -1.82. The maximum Gasteiger partial charge on any atom is 0.491 e. The van der Waals surface area contributed by atoms with Crippen molar-refractivity contribution in [2.24, 2.45) is 0 Å². The first-order valence-electron chi connectivity index (χ1n) is 8.16. The van der Waals surface area contributed by atoms with Gasteiger partial charge in [0.1, 0.15) is 0 Å². The molecule has 0 unspecified atom stereocenters. The van der Waals surface area contributed by atoms with E-state index in [0.717, 1.165) is 11.3 Å². The minimum absolute atomic E-state index is 0.573. The van der Waals surface area contributed by atoms with Crippen molar-refractivity contribution in [2.45, 2.75) is 45.4 Å². The maximum absolute atomic E-state index is 10.5. The molecular weight excluding hydrogens is 301 g/mol. The molecule has 5 heteroatoms. The smallest absolute Gasteiger partial charge is 0.423 e. The second-order valence-corrected chi connectivity index (χ2v) is 6.96. The lowest BCUT2D eigenvalue weighted by atomic mass is 9.74. The van der Waals surface area contributed by atoms with Gasteiger partial charge in [0.05, 0.1) is 11.2 Å². The van der Waals surface area contributed by atoms with Crippen molar-refractivity contribution in [3.63, 3.8) is 0 Å². The highest BCUT2D eigenvalue weighted by Crippen LogP contribution is 2.25. The molecular formula is C19H26BNO3. The van der Waals surface area contributed by atoms with E-state index in [9.17, 15) is 10.1 Å². The molecule has 0 aliphatic heterocycles. The van der Waals surface area contributed by atoms with E-state index in [4.69, 9.17) is 4.65 Å². The molecule has 0 aliphatic carbocycles. The van der Waals surface area contributed by atoms with Gasteiger partial charge in [0.2, 0.25) is 0 Å². The Bertz CT molecular complexity index is 653. The number of aliphatic hydroxyl groups is 1. The van der Waals surface area contributed by atoms with E-state index in [1.165, 1.54) is 0 Å². The quantitative estimate of drug-likeness (QED) is 0.684. The summed E-state index contributed by atoms with van der Waals surface area (Å²) in [7, 11) is -1.11. The maximum atomic E-state index is 10.5. The number of para-hydroxylation sites is 1. The Morgan fingerprint density at radius 3 is 2.17 bits per heavy atom. The molecule has 0 aromatic heterocycles. The zero-order chi connectivity index (χ0) is 17.8. The number of nitrogens with one attached hydrogen (secondary N) is 1. The normalized spacial score (nSPS) is 12.1. The average molecular weight is 327 g/mol. The van der Waals surface area contributed by atoms with Crippen LogP contribution in [0.1, 0.15) is 33.3 Å². The summed E-state index contributed by atoms with van der Waals surface area (Å²) in [6.07, 6.45) is 0. The summed E-state index contributed by atoms with van der Waals surface area (Å²) in [5.41, 5.74) is 0.676. The highest BCUT2D eigenvalue weighted by Gasteiger charge is 2.39. The number of hydrogen-bond donors (Lipinski definition) is 3. The molecule has 0 saturated carbocycles. The number of hydrogen-bond acceptors (Lipinski definition) is 4. The predicted molar refractivity (Wildman–Crippen MR) is 99.3 cm³/mol. The monoisotopic (exact) mass is 327 g/mol. The Kier molecular flexibility index (Phi) is 5.70. The van der Waals surface area contributed by atoms with Gasteiger partial charge in [-0.1, -0.05) is 42.5 Å². The Morgan fingerprint density at radius 1 is 0.958 bits per heavy atom. The molecule has 0 heterocycles. The third kappa shape index (κ3) is 4.60. The molecule has 2 aromatic rings. The van der Waals surface area contributed by atoms with Gasteiger partial charge in [0.25, 0.3) is 0 Å². The Morgan fingerprint density at radius 2 is 1.54 bits per heavy atom. The van der Waals surface area contributed by atoms with Gasteiger partial charge in [-0.25, -0.2) is 0 Å². The van der Waals surface area contributed by atoms with Crippen LogP contribution in [-0.4, -0.2) is 28.5 Å². The molecule has 24 heavy (non-hydrogen) atoms. The van der Waals surface area contributed by atoms with E-state index in [0.29, 0.717) is 12.0 Å². The van der Waals surface area contributed by atoms with E-state index in [-0.39, 0.29) is 0 Å². The van der Waals surface area contributed by atoms with Crippen molar-refractivity contribution in [1.29, 1.82) is 0 Å². The van der Waals surface area contributed by atoms with E-state index >= 15 is 0 Å². The standard InChI is InChI=1S/C19H26BNO3/c1-18(2,22)19(3,4)24-20(23)17-13-9-8-10-15(17)14-21-16-11-6-5-7-12-16/h5-13,21-23H,14H2,1-4H3. The van der Waals surface area contributed by atoms with Crippen LogP contribution in [0.25, 0.3) is 0 Å². The van der Waals surface area contributed by atoms with E-state index in [1.807, 2.05) is 54.6 Å². The third-order valence-electron chi connectivity index (χ3n) is 4.46. The molecule has 0 saturated heterocycles. The molecule has 0 atom stereocenters. The summed E-state index contributed by atoms with van der Waals surface area (Å²) >= 11 is 0. The summed E-state index contributed by atoms with van der Waals surface area (Å²) in [6, 6.07) is 17.5. The van der Waals surface area contributed by atoms with Crippen LogP contribution in [-0.2, 0) is 11.2 Å². The van der Waals surface area contributed by atoms with E-state index in [1.54, 1.807) is 27.7 Å². The minimum Gasteiger partial charge on any atom is -0.423 e. The van der Waals surface area contributed by atoms with Crippen molar-refractivity contribution in [3.05, 3.63) is 60.2 Å². The Balaban J connectivity index is 2.13. The second kappa shape index (κ2) is 7.39. The molecule has 0 fully saturated rings. The summed E-state index contributed by atoms with van der Waals surface area (Å²) in [6.45, 7) is 7.44. The van der Waals surface area contributed by atoms with Crippen molar-refractivity contribution < 1.29 is 14.8 Å². The Labute approximate surface area is 144 Å². The van der Waals surface area contributed by atoms with Crippen LogP contribution >= 0.6 is 0 Å². The van der Waals surface area contributed by atoms with Crippen molar-refractivity contribution >= 4 is 18.3 Å². The van der Waals surface area contributed by atoms with Gasteiger partial charge in [-0.15, -0.1) is 0 Å². The summed E-state index contributed by atoms with van der Waals surface area (Å²) < 4.78 is 5.76. The third-order valence-corrected chi connectivity index (χ3v) is 4.46. The van der Waals surface area contributed by atoms with Gasteiger partial charge in [-0.2, -0.15) is 0 Å². The van der Waals surface area contributed by atoms with Gasteiger partial charge >= 0.3 is 7.12 Å². The van der Waals surface area contributed by atoms with Crippen LogP contribution in [0.3, 0.4) is 0 Å². The molecule has 2 aromatic carbocycles. The fourth-order valence-corrected chi connectivity index (χ4v) is 2.18. The molecule has 4 nitrogen and oxygen atoms in total. The summed E-state index contributed by atoms with van der Waals surface area (Å²) in [5.74, 6) is 0. The van der Waals surface area contributed by atoms with Gasteiger partial charge in [0, 0.05) is 12.2 Å². The fraction of sp³-hybridized carbons (Fsp3) is 0.368. The second-order valence-electron chi connectivity index (χ2n) is 6.96. The molecule has 0 aliphatic rings. The van der Waals surface area contributed by atoms with Gasteiger partial charge < -0.3 is 20.1 Å². The van der Waals surface area contributed by atoms with Gasteiger partial charge in [-0.3, -0.25) is 0 Å². The zero-order valence-electron chi connectivity index (χ0n) is 14.8. The zero-order valence-corrected chi connectivity index (χ0v) is 14.8. The predicted octanol–water partition coefficient (Wildman–Crippen LogP) is 2.55. The van der Waals surface area contributed by atoms with Crippen LogP contribution in [0.4, 0.5) is 5.69 Å². The van der Waals surface area contributed by atoms with Crippen LogP contribution < -0.4 is 10.8 Å². The van der Waals surface area contributed by atoms with Crippen molar-refractivity contribution in [3.8, 4) is 0 Å². The molecule has 0 radical (unpaired) electrons. The van der Waals surface area contributed by atoms with Crippen LogP contribution in [0, 0.1) is 0 Å². The minimum atomic E-state index is -1.11. The number of rotatable bonds is 7. The molecule has 0 amide bonds. The molecule has 2 rings (SSSR count). The fourth-order valence-electron chi connectivity index (χ4n) is 2.18. The molecule has 0 spiro atoms. The molecule has 128 valence electrons. The average Bonchev–Trinajstić information content (AvgIpc) is 2.52. The van der Waals surface area contributed by atoms with Crippen LogP contribution in [0.2, 0.25) is 0 Å². The molecule has 3 N–H and O–H groups in total. The van der Waals surface area contributed by atoms with Gasteiger partial charge in [-0.05, 0) is 50.9 Å². The van der Waals surface area contributed by atoms with Crippen LogP contribution in [0.15, 0.2) is 54.6 Å². The number of benzene rings is 2. The first-order valence-corrected chi connectivity index (χ1v) is 8.16. The van der Waals surface area contributed by atoms with E-state index < -0.39 is 18.3 Å². The highest BCUT2D eigenvalue weighted by molar-refractivity contribution is 6.60. The summed E-state index contributed by atoms with van der Waals surface area (Å²) in [4.78, 5) is 0. The van der Waals surface area contributed by atoms with Crippen molar-refractivity contribution in [2.75, 3.05) is 5.32 Å². The first kappa shape index (κ1) is 18.5. The lowest BCUT2D eigenvalue weighted by Gasteiger charge is -2.38. The summed E-state index contributed by atoms with van der Waals surface area (Å²) in [5, 5.41) is 24.1. The lowest BCUT2D eigenvalue weighted by Crippen LogP contribution is -2.53. The van der Waals surface area contributed by atoms with Crippen molar-refractivity contribution in [1.82, 2.24) is 0 Å².